The molecule has 25 nitrogen and oxygen atoms in total. The first-order chi connectivity index (χ1) is 44.5. The quantitative estimate of drug-likeness (QED) is 0.0133. The van der Waals surface area contributed by atoms with E-state index in [9.17, 15) is 56.6 Å². The number of esters is 1. The van der Waals surface area contributed by atoms with Crippen molar-refractivity contribution < 1.29 is 102 Å². The van der Waals surface area contributed by atoms with Gasteiger partial charge in [-0.15, -0.1) is 0 Å². The van der Waals surface area contributed by atoms with Crippen LogP contribution in [0.15, 0.2) is 98.0 Å². The molecule has 528 valence electrons. The number of carbonyl (C=O) groups excluding carboxylic acids is 2. The van der Waals surface area contributed by atoms with Gasteiger partial charge in [-0.3, -0.25) is 28.8 Å². The van der Waals surface area contributed by atoms with Crippen LogP contribution in [0.4, 0.5) is 41.6 Å². The number of benzene rings is 3. The molecule has 4 aromatic heterocycles. The Hall–Kier alpha value is -5.94. The maximum Gasteiger partial charge on any atom is 1.00 e. The van der Waals surface area contributed by atoms with Crippen LogP contribution in [0, 0.1) is 28.2 Å². The maximum absolute atomic E-state index is 14.2. The van der Waals surface area contributed by atoms with Gasteiger partial charge >= 0.3 is 47.5 Å². The van der Waals surface area contributed by atoms with Gasteiger partial charge < -0.3 is 76.2 Å². The molecule has 0 radical (unpaired) electrons. The zero-order chi connectivity index (χ0) is 69.3. The van der Waals surface area contributed by atoms with Gasteiger partial charge in [-0.25, -0.2) is 33.0 Å². The van der Waals surface area contributed by atoms with Crippen LogP contribution in [0.1, 0.15) is 118 Å². The zero-order valence-electron chi connectivity index (χ0n) is 53.1. The minimum absolute atomic E-state index is 0. The molecule has 0 atom stereocenters. The second-order valence-electron chi connectivity index (χ2n) is 21.7. The van der Waals surface area contributed by atoms with Gasteiger partial charge in [0.25, 0.3) is 28.1 Å². The van der Waals surface area contributed by atoms with Gasteiger partial charge in [0.1, 0.15) is 23.0 Å². The molecule has 0 spiro atoms. The summed E-state index contributed by atoms with van der Waals surface area (Å²) in [5.41, 5.74) is 10.3. The van der Waals surface area contributed by atoms with E-state index in [4.69, 9.17) is 53.8 Å². The molecule has 4 aliphatic rings. The number of nitrogens with one attached hydrogen (secondary N) is 3. The van der Waals surface area contributed by atoms with Crippen molar-refractivity contribution in [1.82, 2.24) is 29.9 Å². The van der Waals surface area contributed by atoms with Crippen LogP contribution in [0.25, 0.3) is 0 Å². The van der Waals surface area contributed by atoms with Gasteiger partial charge in [-0.05, 0) is 195 Å². The summed E-state index contributed by atoms with van der Waals surface area (Å²) >= 11 is 17.6. The molecule has 0 saturated carbocycles. The number of halogens is 8. The smallest absolute Gasteiger partial charge is 0.870 e. The number of carboxylic acids is 2. The first-order valence-electron chi connectivity index (χ1n) is 28.9. The second-order valence-corrected chi connectivity index (χ2v) is 26.3. The average molecular weight is 1760 g/mol. The molecule has 0 saturated heterocycles. The normalized spacial score (nSPS) is 12.3. The molecule has 13 N–H and O–H groups in total. The Labute approximate surface area is 634 Å². The average Bonchev–Trinajstić information content (AvgIpc) is 1.53. The van der Waals surface area contributed by atoms with E-state index in [2.05, 4.69) is 20.9 Å². The molecular weight excluding hydrogens is 1680 g/mol. The van der Waals surface area contributed by atoms with Crippen molar-refractivity contribution in [1.29, 1.82) is 0 Å². The Bertz CT molecular complexity index is 4240. The van der Waals surface area contributed by atoms with E-state index >= 15 is 0 Å². The standard InChI is InChI=1S/C17H17FIN3O4.C15H12FIN2O3.C10H10ClNO3.C9H8ClNO3.C6H5FIN.C6H14O2.CH4.H3N.Na.H2O/c18-11-8-10(19)3-4-12(11)20-13-9-15(24)22-5-1-2-14(22)16(13)17(25)21-26-7-6-23;16-9-6-8(17)3-4-10(9)18-11-7-13(20)19-5-1-2-12(19)14(11)15(21)22;1-15-10(14)9-6(11)5-8(13)12-4-2-3-7(9)12;10-5-4-7(12)11-3-1-2-6(11)8(5)9(13)14;7-5-3-4(8)1-2-6(5)9;1-6(2,3)8-5-4-7;;;;/h3-4,8-9,20,23H,1-2,5-7H2,(H,21,25);3-4,6-7,18H,1-2,5H2,(H,21,22);5H,2-4H2,1H3;4H,1-3H2,(H,13,14);1-3H,9H2;7H,4-5H2,1-3H3;1H4;1H3;;1H2/q;;;;;;;;+1;/p-1. The number of ether oxygens (including phenoxy) is 2. The number of anilines is 5. The van der Waals surface area contributed by atoms with E-state index in [0.29, 0.717) is 86.8 Å². The molecule has 4 aliphatic heterocycles. The first-order valence-corrected chi connectivity index (χ1v) is 32.8. The van der Waals surface area contributed by atoms with Crippen molar-refractivity contribution in [2.24, 2.45) is 0 Å². The van der Waals surface area contributed by atoms with E-state index in [1.165, 1.54) is 69.3 Å². The number of hydroxylamine groups is 1. The summed E-state index contributed by atoms with van der Waals surface area (Å²) in [6.45, 7) is 8.41. The largest absolute Gasteiger partial charge is 1.00 e. The number of carbonyl (C=O) groups is 4. The fraction of sp³-hybridized carbons (Fsp3) is 0.344. The number of aliphatic hydroxyl groups is 2. The Balaban J connectivity index is 0.000000414. The Morgan fingerprint density at radius 3 is 1.28 bits per heavy atom. The van der Waals surface area contributed by atoms with Crippen molar-refractivity contribution in [2.75, 3.05) is 49.9 Å². The number of carboxylic acid groups (broad SMARTS) is 2. The van der Waals surface area contributed by atoms with Crippen molar-refractivity contribution >= 4 is 143 Å². The monoisotopic (exact) mass is 1760 g/mol. The van der Waals surface area contributed by atoms with Crippen LogP contribution >= 0.6 is 91.0 Å². The molecule has 0 bridgehead atoms. The molecule has 0 unspecified atom stereocenters. The predicted molar refractivity (Wildman–Crippen MR) is 387 cm³/mol. The van der Waals surface area contributed by atoms with Crippen LogP contribution in [0.3, 0.4) is 0 Å². The number of aliphatic hydroxyl groups excluding tert-OH is 2. The zero-order valence-corrected chi connectivity index (χ0v) is 63.1. The third-order valence-electron chi connectivity index (χ3n) is 14.1. The molecule has 0 fully saturated rings. The predicted octanol–water partition coefficient (Wildman–Crippen LogP) is 7.73. The van der Waals surface area contributed by atoms with E-state index in [0.717, 1.165) is 36.4 Å². The number of nitrogens with zero attached hydrogens (tertiary/aromatic N) is 4. The number of rotatable bonds is 13. The SMILES string of the molecule is C.CC(C)(C)OCCO.COC(=O)c1c(Cl)cc(=O)n2c1CCC2.N.Nc1ccc(I)cc1F.O=C(NOCCO)c1c(Nc2ccc(I)cc2F)cc(=O)n2c1CCC2.O=C(O)c1c(Cl)cc(=O)n2c1CCC2.O=C(O)c1c(Nc2ccc(I)cc2F)cc(=O)n2c1CCC2.[Na+].[OH-]. The van der Waals surface area contributed by atoms with E-state index in [1.807, 2.05) is 88.5 Å². The summed E-state index contributed by atoms with van der Waals surface area (Å²) in [7, 11) is 1.30. The first kappa shape index (κ1) is 88.1. The van der Waals surface area contributed by atoms with Crippen molar-refractivity contribution in [3.63, 3.8) is 0 Å². The number of hydrogen-bond donors (Lipinski definition) is 9. The number of pyridine rings is 4. The number of aromatic nitrogens is 4. The summed E-state index contributed by atoms with van der Waals surface area (Å²) in [5.74, 6) is -4.56. The molecule has 0 aliphatic carbocycles. The van der Waals surface area contributed by atoms with Gasteiger partial charge in [0.05, 0.1) is 94.3 Å². The minimum Gasteiger partial charge on any atom is -0.870 e. The van der Waals surface area contributed by atoms with Crippen molar-refractivity contribution in [3.8, 4) is 0 Å². The number of aromatic carboxylic acids is 2. The van der Waals surface area contributed by atoms with Crippen LogP contribution < -0.4 is 79.8 Å². The van der Waals surface area contributed by atoms with E-state index in [-0.39, 0.29) is 157 Å². The molecule has 34 heteroatoms. The Kier molecular flexibility index (Phi) is 37.0. The molecule has 1 amide bonds. The van der Waals surface area contributed by atoms with Crippen molar-refractivity contribution in [2.45, 2.75) is 111 Å². The molecule has 98 heavy (non-hydrogen) atoms. The van der Waals surface area contributed by atoms with Gasteiger partial charge in [-0.1, -0.05) is 30.6 Å². The number of fused-ring (bicyclic) bond motifs is 4. The van der Waals surface area contributed by atoms with Crippen LogP contribution in [0.2, 0.25) is 10.0 Å². The molecule has 3 aromatic carbocycles. The summed E-state index contributed by atoms with van der Waals surface area (Å²) in [4.78, 5) is 98.7. The number of nitrogen functional groups attached to an aromatic ring is 1. The van der Waals surface area contributed by atoms with Crippen molar-refractivity contribution in [3.05, 3.63) is 204 Å². The van der Waals surface area contributed by atoms with E-state index in [1.54, 1.807) is 34.9 Å². The third kappa shape index (κ3) is 23.9. The van der Waals surface area contributed by atoms with Gasteiger partial charge in [-0.2, -0.15) is 0 Å². The van der Waals surface area contributed by atoms with Gasteiger partial charge in [0.15, 0.2) is 0 Å². The van der Waals surface area contributed by atoms with Gasteiger partial charge in [0, 0.05) is 83.9 Å². The maximum atomic E-state index is 14.2. The third-order valence-corrected chi connectivity index (χ3v) is 16.8. The number of amides is 1. The Morgan fingerprint density at radius 2 is 0.918 bits per heavy atom. The molecule has 8 heterocycles. The number of hydrogen-bond acceptors (Lipinski definition) is 18. The molecule has 7 aromatic rings. The van der Waals surface area contributed by atoms with Crippen LogP contribution in [0.5, 0.6) is 0 Å². The summed E-state index contributed by atoms with van der Waals surface area (Å²) in [5, 5.41) is 41.3. The minimum atomic E-state index is -1.13. The summed E-state index contributed by atoms with van der Waals surface area (Å²) in [6.07, 6.45) is 5.53. The second kappa shape index (κ2) is 41.1. The Morgan fingerprint density at radius 1 is 0.561 bits per heavy atom. The fourth-order valence-corrected chi connectivity index (χ4v) is 12.1. The van der Waals surface area contributed by atoms with Gasteiger partial charge in [0.2, 0.25) is 0 Å². The summed E-state index contributed by atoms with van der Waals surface area (Å²) in [6, 6.07) is 18.8. The molecule has 11 rings (SSSR count). The summed E-state index contributed by atoms with van der Waals surface area (Å²) < 4.78 is 58.7. The van der Waals surface area contributed by atoms with E-state index < -0.39 is 35.4 Å². The number of methoxy groups -OCH3 is 1. The van der Waals surface area contributed by atoms with Crippen LogP contribution in [-0.2, 0) is 66.2 Å². The topological polar surface area (TPSA) is 392 Å². The number of nitrogens with two attached hydrogens (primary N) is 1. The molecular formula is C64H74Cl2F3I3N9NaO16. The van der Waals surface area contributed by atoms with Crippen LogP contribution in [-0.4, -0.2) is 107 Å². The fourth-order valence-electron chi connectivity index (χ4n) is 10.1.